The molecule has 0 saturated heterocycles. The molecule has 0 radical (unpaired) electrons. The first-order valence-electron chi connectivity index (χ1n) is 3.32. The molecule has 0 aromatic rings. The summed E-state index contributed by atoms with van der Waals surface area (Å²) in [7, 11) is 0. The van der Waals surface area contributed by atoms with Gasteiger partial charge in [0.1, 0.15) is 0 Å². The lowest BCUT2D eigenvalue weighted by Gasteiger charge is -2.24. The van der Waals surface area contributed by atoms with Gasteiger partial charge in [-0.2, -0.15) is 0 Å². The lowest BCUT2D eigenvalue weighted by molar-refractivity contribution is 0.385. The van der Waals surface area contributed by atoms with Crippen LogP contribution in [0.1, 0.15) is 25.7 Å². The first-order valence-corrected chi connectivity index (χ1v) is 3.32. The summed E-state index contributed by atoms with van der Waals surface area (Å²) in [5.74, 6) is 0. The summed E-state index contributed by atoms with van der Waals surface area (Å²) in [6.07, 6.45) is 4.80. The monoisotopic (exact) mass is 114 g/mol. The summed E-state index contributed by atoms with van der Waals surface area (Å²) in [5.41, 5.74) is 11.3. The SMILES string of the molecule is NC1CCCC[C@H]1N. The third-order valence-corrected chi connectivity index (χ3v) is 1.87. The van der Waals surface area contributed by atoms with Gasteiger partial charge in [0, 0.05) is 12.1 Å². The van der Waals surface area contributed by atoms with Crippen molar-refractivity contribution in [3.8, 4) is 0 Å². The summed E-state index contributed by atoms with van der Waals surface area (Å²) in [6, 6.07) is 0.562. The standard InChI is InChI=1S/C6H14N2/c7-5-3-1-2-4-6(5)8/h5-6H,1-4,7-8H2/t5-,6?/m1/s1. The van der Waals surface area contributed by atoms with Crippen LogP contribution in [0.5, 0.6) is 0 Å². The van der Waals surface area contributed by atoms with E-state index in [0.29, 0.717) is 0 Å². The molecule has 0 aromatic carbocycles. The van der Waals surface area contributed by atoms with Crippen LogP contribution in [-0.4, -0.2) is 12.1 Å². The fourth-order valence-electron chi connectivity index (χ4n) is 1.19. The van der Waals surface area contributed by atoms with Crippen LogP contribution in [0.2, 0.25) is 0 Å². The second kappa shape index (κ2) is 2.46. The highest BCUT2D eigenvalue weighted by Crippen LogP contribution is 2.14. The fourth-order valence-corrected chi connectivity index (χ4v) is 1.19. The zero-order chi connectivity index (χ0) is 5.98. The molecule has 0 bridgehead atoms. The van der Waals surface area contributed by atoms with Gasteiger partial charge < -0.3 is 11.5 Å². The van der Waals surface area contributed by atoms with Gasteiger partial charge in [-0.3, -0.25) is 0 Å². The van der Waals surface area contributed by atoms with E-state index in [1.807, 2.05) is 0 Å². The molecule has 2 heteroatoms. The lowest BCUT2D eigenvalue weighted by atomic mass is 9.92. The molecule has 48 valence electrons. The van der Waals surface area contributed by atoms with Crippen molar-refractivity contribution in [2.45, 2.75) is 37.8 Å². The molecular formula is C6H14N2. The van der Waals surface area contributed by atoms with Crippen molar-refractivity contribution in [3.05, 3.63) is 0 Å². The summed E-state index contributed by atoms with van der Waals surface area (Å²) in [4.78, 5) is 0. The van der Waals surface area contributed by atoms with Crippen molar-refractivity contribution < 1.29 is 0 Å². The minimum absolute atomic E-state index is 0.281. The topological polar surface area (TPSA) is 52.0 Å². The lowest BCUT2D eigenvalue weighted by Crippen LogP contribution is -2.43. The molecule has 0 aliphatic heterocycles. The van der Waals surface area contributed by atoms with Crippen molar-refractivity contribution >= 4 is 0 Å². The van der Waals surface area contributed by atoms with Crippen molar-refractivity contribution in [1.82, 2.24) is 0 Å². The molecule has 1 unspecified atom stereocenters. The summed E-state index contributed by atoms with van der Waals surface area (Å²) < 4.78 is 0. The van der Waals surface area contributed by atoms with Gasteiger partial charge in [0.25, 0.3) is 0 Å². The molecule has 2 nitrogen and oxygen atoms in total. The van der Waals surface area contributed by atoms with Crippen molar-refractivity contribution in [2.75, 3.05) is 0 Å². The van der Waals surface area contributed by atoms with Crippen LogP contribution in [0.15, 0.2) is 0 Å². The Morgan fingerprint density at radius 1 is 0.875 bits per heavy atom. The van der Waals surface area contributed by atoms with E-state index in [1.54, 1.807) is 0 Å². The van der Waals surface area contributed by atoms with Crippen LogP contribution >= 0.6 is 0 Å². The number of rotatable bonds is 0. The van der Waals surface area contributed by atoms with Crippen LogP contribution in [0.3, 0.4) is 0 Å². The molecule has 0 amide bonds. The highest BCUT2D eigenvalue weighted by Gasteiger charge is 2.16. The highest BCUT2D eigenvalue weighted by atomic mass is 14.8. The van der Waals surface area contributed by atoms with E-state index in [-0.39, 0.29) is 12.1 Å². The largest absolute Gasteiger partial charge is 0.326 e. The number of hydrogen-bond donors (Lipinski definition) is 2. The Balaban J connectivity index is 2.28. The van der Waals surface area contributed by atoms with Crippen LogP contribution in [0.25, 0.3) is 0 Å². The van der Waals surface area contributed by atoms with E-state index in [2.05, 4.69) is 0 Å². The molecule has 0 heterocycles. The van der Waals surface area contributed by atoms with E-state index in [9.17, 15) is 0 Å². The third-order valence-electron chi connectivity index (χ3n) is 1.87. The molecule has 2 atom stereocenters. The van der Waals surface area contributed by atoms with Crippen molar-refractivity contribution in [1.29, 1.82) is 0 Å². The van der Waals surface area contributed by atoms with Crippen LogP contribution in [0, 0.1) is 0 Å². The Bertz CT molecular complexity index is 62.9. The van der Waals surface area contributed by atoms with E-state index >= 15 is 0 Å². The Hall–Kier alpha value is -0.0800. The average molecular weight is 114 g/mol. The quantitative estimate of drug-likeness (QED) is 0.473. The van der Waals surface area contributed by atoms with E-state index in [4.69, 9.17) is 11.5 Å². The van der Waals surface area contributed by atoms with Gasteiger partial charge in [0.15, 0.2) is 0 Å². The van der Waals surface area contributed by atoms with E-state index < -0.39 is 0 Å². The number of hydrogen-bond acceptors (Lipinski definition) is 2. The molecule has 1 rings (SSSR count). The molecule has 0 aromatic heterocycles. The molecule has 0 spiro atoms. The van der Waals surface area contributed by atoms with Gasteiger partial charge in [-0.05, 0) is 12.8 Å². The van der Waals surface area contributed by atoms with Crippen molar-refractivity contribution in [2.24, 2.45) is 11.5 Å². The molecule has 1 aliphatic rings. The van der Waals surface area contributed by atoms with Crippen LogP contribution in [0.4, 0.5) is 0 Å². The predicted octanol–water partition coefficient (Wildman–Crippen LogP) is 0.215. The molecular weight excluding hydrogens is 100 g/mol. The smallest absolute Gasteiger partial charge is 0.0192 e. The zero-order valence-electron chi connectivity index (χ0n) is 5.14. The van der Waals surface area contributed by atoms with E-state index in [0.717, 1.165) is 12.8 Å². The molecule has 4 N–H and O–H groups in total. The normalized spacial score (nSPS) is 39.8. The van der Waals surface area contributed by atoms with Gasteiger partial charge in [-0.15, -0.1) is 0 Å². The molecule has 1 saturated carbocycles. The van der Waals surface area contributed by atoms with Gasteiger partial charge in [-0.1, -0.05) is 12.8 Å². The van der Waals surface area contributed by atoms with Crippen LogP contribution in [-0.2, 0) is 0 Å². The molecule has 1 fully saturated rings. The third kappa shape index (κ3) is 1.20. The van der Waals surface area contributed by atoms with Gasteiger partial charge in [0.2, 0.25) is 0 Å². The molecule has 8 heavy (non-hydrogen) atoms. The minimum Gasteiger partial charge on any atom is -0.326 e. The maximum absolute atomic E-state index is 5.65. The zero-order valence-corrected chi connectivity index (χ0v) is 5.14. The summed E-state index contributed by atoms with van der Waals surface area (Å²) in [6.45, 7) is 0. The average Bonchev–Trinajstić information content (AvgIpc) is 1.77. The van der Waals surface area contributed by atoms with Crippen molar-refractivity contribution in [3.63, 3.8) is 0 Å². The Labute approximate surface area is 50.2 Å². The van der Waals surface area contributed by atoms with Gasteiger partial charge >= 0.3 is 0 Å². The second-order valence-corrected chi connectivity index (χ2v) is 2.61. The summed E-state index contributed by atoms with van der Waals surface area (Å²) >= 11 is 0. The van der Waals surface area contributed by atoms with E-state index in [1.165, 1.54) is 12.8 Å². The number of nitrogens with two attached hydrogens (primary N) is 2. The maximum atomic E-state index is 5.65. The molecule has 1 aliphatic carbocycles. The Morgan fingerprint density at radius 2 is 1.25 bits per heavy atom. The first-order chi connectivity index (χ1) is 3.80. The Kier molecular flexibility index (Phi) is 1.86. The highest BCUT2D eigenvalue weighted by molar-refractivity contribution is 4.79. The summed E-state index contributed by atoms with van der Waals surface area (Å²) in [5, 5.41) is 0. The van der Waals surface area contributed by atoms with Gasteiger partial charge in [-0.25, -0.2) is 0 Å². The van der Waals surface area contributed by atoms with Crippen LogP contribution < -0.4 is 11.5 Å². The minimum atomic E-state index is 0.281. The van der Waals surface area contributed by atoms with Gasteiger partial charge in [0.05, 0.1) is 0 Å². The predicted molar refractivity (Wildman–Crippen MR) is 34.4 cm³/mol. The first kappa shape index (κ1) is 6.05. The second-order valence-electron chi connectivity index (χ2n) is 2.61. The fraction of sp³-hybridized carbons (Fsp3) is 1.00. The Morgan fingerprint density at radius 3 is 1.50 bits per heavy atom. The maximum Gasteiger partial charge on any atom is 0.0192 e.